The van der Waals surface area contributed by atoms with Crippen molar-refractivity contribution in [3.05, 3.63) is 170 Å². The topological polar surface area (TPSA) is 0 Å². The molecule has 11 aromatic rings. The summed E-state index contributed by atoms with van der Waals surface area (Å²) in [5, 5.41) is 18.4. The van der Waals surface area contributed by atoms with Gasteiger partial charge in [0.05, 0.1) is 0 Å². The van der Waals surface area contributed by atoms with Crippen molar-refractivity contribution < 1.29 is 0 Å². The Morgan fingerprint density at radius 2 is 0.449 bits per heavy atom. The van der Waals surface area contributed by atoms with Gasteiger partial charge in [-0.25, -0.2) is 0 Å². The molecule has 0 spiro atoms. The Kier molecular flexibility index (Phi) is 5.64. The first kappa shape index (κ1) is 27.0. The first-order valence-corrected chi connectivity index (χ1v) is 17.8. The highest BCUT2D eigenvalue weighted by Gasteiger charge is 2.19. The minimum absolute atomic E-state index is 1.29. The number of rotatable bonds is 2. The third-order valence-corrected chi connectivity index (χ3v) is 11.9. The molecule has 0 atom stereocenters. The van der Waals surface area contributed by atoms with E-state index in [1.165, 1.54) is 107 Å². The molecule has 49 heavy (non-hydrogen) atoms. The average Bonchev–Trinajstić information content (AvgIpc) is 3.57. The summed E-state index contributed by atoms with van der Waals surface area (Å²) in [6.45, 7) is 0. The second-order valence-corrected chi connectivity index (χ2v) is 14.1. The van der Waals surface area contributed by atoms with E-state index in [4.69, 9.17) is 0 Å². The van der Waals surface area contributed by atoms with E-state index in [1.54, 1.807) is 0 Å². The maximum absolute atomic E-state index is 2.33. The molecular formula is C48H28S. The smallest absolute Gasteiger partial charge is 0.0434 e. The molecule has 0 saturated carbocycles. The van der Waals surface area contributed by atoms with Crippen LogP contribution in [0.15, 0.2) is 170 Å². The van der Waals surface area contributed by atoms with Crippen LogP contribution in [0.5, 0.6) is 0 Å². The largest absolute Gasteiger partial charge is 0.134 e. The minimum Gasteiger partial charge on any atom is -0.134 e. The van der Waals surface area contributed by atoms with Crippen molar-refractivity contribution in [3.63, 3.8) is 0 Å². The standard InChI is InChI=1S/C48H28S/c1-3-15-33-29(13-1)31-17-5-7-19-35(31)45-37(33)21-9-23-39(45)41-25-11-27-43-44-28-12-26-42(48(44)49-47(41)43)40-24-10-22-38-34-16-4-2-14-30(34)32-18-6-8-20-36(32)46(38)40/h1-28H. The van der Waals surface area contributed by atoms with Crippen molar-refractivity contribution in [2.75, 3.05) is 0 Å². The van der Waals surface area contributed by atoms with Crippen LogP contribution in [0.4, 0.5) is 0 Å². The van der Waals surface area contributed by atoms with Gasteiger partial charge in [0, 0.05) is 31.3 Å². The molecule has 10 aromatic carbocycles. The quantitative estimate of drug-likeness (QED) is 0.166. The average molecular weight is 637 g/mol. The predicted octanol–water partition coefficient (Wildman–Crippen LogP) is 14.3. The van der Waals surface area contributed by atoms with Crippen molar-refractivity contribution in [1.82, 2.24) is 0 Å². The summed E-state index contributed by atoms with van der Waals surface area (Å²) in [6.07, 6.45) is 0. The van der Waals surface area contributed by atoms with Crippen LogP contribution in [0, 0.1) is 0 Å². The molecule has 0 amide bonds. The molecule has 0 fully saturated rings. The third-order valence-electron chi connectivity index (χ3n) is 10.6. The molecule has 0 N–H and O–H groups in total. The summed E-state index contributed by atoms with van der Waals surface area (Å²) in [6, 6.07) is 63.0. The van der Waals surface area contributed by atoms with E-state index in [9.17, 15) is 0 Å². The van der Waals surface area contributed by atoms with Gasteiger partial charge in [-0.3, -0.25) is 0 Å². The maximum atomic E-state index is 2.33. The van der Waals surface area contributed by atoms with Gasteiger partial charge in [0.1, 0.15) is 0 Å². The van der Waals surface area contributed by atoms with Gasteiger partial charge in [-0.1, -0.05) is 170 Å². The fraction of sp³-hybridized carbons (Fsp3) is 0. The zero-order valence-electron chi connectivity index (χ0n) is 26.6. The van der Waals surface area contributed by atoms with Crippen LogP contribution >= 0.6 is 11.3 Å². The summed E-state index contributed by atoms with van der Waals surface area (Å²) in [7, 11) is 0. The summed E-state index contributed by atoms with van der Waals surface area (Å²) >= 11 is 1.94. The Morgan fingerprint density at radius 3 is 0.796 bits per heavy atom. The van der Waals surface area contributed by atoms with E-state index in [2.05, 4.69) is 170 Å². The second kappa shape index (κ2) is 10.2. The SMILES string of the molecule is c1cc(-c2cccc3c4ccccc4c4ccccc4c23)c2sc3c(-c4cccc5c6ccccc6c6ccccc6c45)cccc3c2c1. The third kappa shape index (κ3) is 3.74. The molecule has 226 valence electrons. The Balaban J connectivity index is 1.24. The Bertz CT molecular complexity index is 2860. The molecule has 1 heterocycles. The van der Waals surface area contributed by atoms with Crippen molar-refractivity contribution in [2.24, 2.45) is 0 Å². The molecule has 0 unspecified atom stereocenters. The molecule has 0 aliphatic rings. The van der Waals surface area contributed by atoms with Crippen molar-refractivity contribution in [3.8, 4) is 22.3 Å². The highest BCUT2D eigenvalue weighted by molar-refractivity contribution is 7.27. The lowest BCUT2D eigenvalue weighted by Gasteiger charge is -2.15. The van der Waals surface area contributed by atoms with Crippen molar-refractivity contribution in [2.45, 2.75) is 0 Å². The summed E-state index contributed by atoms with van der Waals surface area (Å²) in [5.74, 6) is 0. The molecule has 0 bridgehead atoms. The lowest BCUT2D eigenvalue weighted by atomic mass is 9.88. The fourth-order valence-corrected chi connectivity index (χ4v) is 9.96. The van der Waals surface area contributed by atoms with Gasteiger partial charge < -0.3 is 0 Å². The summed E-state index contributed by atoms with van der Waals surface area (Å²) in [5.41, 5.74) is 5.18. The van der Waals surface area contributed by atoms with Gasteiger partial charge in [-0.2, -0.15) is 0 Å². The zero-order chi connectivity index (χ0) is 32.1. The van der Waals surface area contributed by atoms with Crippen molar-refractivity contribution >= 4 is 96.1 Å². The minimum atomic E-state index is 1.29. The predicted molar refractivity (Wildman–Crippen MR) is 215 cm³/mol. The van der Waals surface area contributed by atoms with Gasteiger partial charge in [-0.15, -0.1) is 11.3 Å². The van der Waals surface area contributed by atoms with Crippen LogP contribution in [0.3, 0.4) is 0 Å². The van der Waals surface area contributed by atoms with Crippen LogP contribution in [0.1, 0.15) is 0 Å². The molecule has 0 nitrogen and oxygen atoms in total. The second-order valence-electron chi connectivity index (χ2n) is 13.1. The van der Waals surface area contributed by atoms with E-state index in [-0.39, 0.29) is 0 Å². The number of fused-ring (bicyclic) bond motifs is 15. The zero-order valence-corrected chi connectivity index (χ0v) is 27.4. The van der Waals surface area contributed by atoms with Crippen LogP contribution in [-0.2, 0) is 0 Å². The normalized spacial score (nSPS) is 12.1. The molecule has 1 heteroatoms. The molecule has 0 radical (unpaired) electrons. The first-order chi connectivity index (χ1) is 24.3. The number of benzene rings is 10. The highest BCUT2D eigenvalue weighted by Crippen LogP contribution is 2.48. The van der Waals surface area contributed by atoms with E-state index in [0.717, 1.165) is 0 Å². The van der Waals surface area contributed by atoms with E-state index in [1.807, 2.05) is 11.3 Å². The number of thiophene rings is 1. The highest BCUT2D eigenvalue weighted by atomic mass is 32.1. The van der Waals surface area contributed by atoms with Crippen LogP contribution in [0.25, 0.3) is 107 Å². The van der Waals surface area contributed by atoms with Gasteiger partial charge in [-0.05, 0) is 75.8 Å². The monoisotopic (exact) mass is 636 g/mol. The lowest BCUT2D eigenvalue weighted by molar-refractivity contribution is 1.73. The van der Waals surface area contributed by atoms with Gasteiger partial charge in [0.15, 0.2) is 0 Å². The number of hydrogen-bond donors (Lipinski definition) is 0. The van der Waals surface area contributed by atoms with Crippen LogP contribution in [0.2, 0.25) is 0 Å². The summed E-state index contributed by atoms with van der Waals surface area (Å²) < 4.78 is 2.68. The summed E-state index contributed by atoms with van der Waals surface area (Å²) in [4.78, 5) is 0. The number of hydrogen-bond acceptors (Lipinski definition) is 1. The van der Waals surface area contributed by atoms with E-state index in [0.29, 0.717) is 0 Å². The van der Waals surface area contributed by atoms with Gasteiger partial charge in [0.25, 0.3) is 0 Å². The molecule has 0 saturated heterocycles. The Morgan fingerprint density at radius 1 is 0.204 bits per heavy atom. The van der Waals surface area contributed by atoms with Crippen molar-refractivity contribution in [1.29, 1.82) is 0 Å². The first-order valence-electron chi connectivity index (χ1n) is 16.9. The van der Waals surface area contributed by atoms with E-state index < -0.39 is 0 Å². The molecule has 0 aliphatic carbocycles. The van der Waals surface area contributed by atoms with Gasteiger partial charge >= 0.3 is 0 Å². The van der Waals surface area contributed by atoms with Crippen LogP contribution in [-0.4, -0.2) is 0 Å². The van der Waals surface area contributed by atoms with E-state index >= 15 is 0 Å². The Labute approximate surface area is 287 Å². The molecular weight excluding hydrogens is 609 g/mol. The Hall–Kier alpha value is -6.02. The molecule has 0 aliphatic heterocycles. The van der Waals surface area contributed by atoms with Gasteiger partial charge in [0.2, 0.25) is 0 Å². The van der Waals surface area contributed by atoms with Crippen LogP contribution < -0.4 is 0 Å². The molecule has 1 aromatic heterocycles. The molecule has 11 rings (SSSR count). The lowest BCUT2D eigenvalue weighted by Crippen LogP contribution is -1.87. The fourth-order valence-electron chi connectivity index (χ4n) is 8.60. The maximum Gasteiger partial charge on any atom is 0.0434 e.